The zero-order valence-electron chi connectivity index (χ0n) is 19.8. The topological polar surface area (TPSA) is 78.5 Å². The first kappa shape index (κ1) is 25.0. The number of carbonyl (C=O) groups is 2. The molecule has 7 nitrogen and oxygen atoms in total. The van der Waals surface area contributed by atoms with E-state index in [1.54, 1.807) is 30.6 Å². The zero-order chi connectivity index (χ0) is 25.5. The van der Waals surface area contributed by atoms with Crippen molar-refractivity contribution in [1.82, 2.24) is 20.0 Å². The number of H-pyrrole nitrogens is 1. The largest absolute Gasteiger partial charge is 0.444 e. The van der Waals surface area contributed by atoms with E-state index in [9.17, 15) is 27.2 Å². The van der Waals surface area contributed by atoms with Crippen molar-refractivity contribution in [2.45, 2.75) is 64.3 Å². The Kier molecular flexibility index (Phi) is 6.54. The summed E-state index contributed by atoms with van der Waals surface area (Å²) in [7, 11) is 0. The molecule has 2 aromatic rings. The molecule has 11 heteroatoms. The van der Waals surface area contributed by atoms with Crippen LogP contribution in [0, 0.1) is 5.82 Å². The molecule has 190 valence electrons. The van der Waals surface area contributed by atoms with Crippen LogP contribution in [0.5, 0.6) is 0 Å². The average Bonchev–Trinajstić information content (AvgIpc) is 3.20. The van der Waals surface area contributed by atoms with Crippen molar-refractivity contribution < 1.29 is 31.9 Å². The van der Waals surface area contributed by atoms with Crippen LogP contribution in [0.2, 0.25) is 0 Å². The van der Waals surface area contributed by atoms with Crippen LogP contribution in [0.15, 0.2) is 18.2 Å². The number of fused-ring (bicyclic) bond motifs is 1. The van der Waals surface area contributed by atoms with Gasteiger partial charge in [0.2, 0.25) is 0 Å². The van der Waals surface area contributed by atoms with E-state index in [1.165, 1.54) is 0 Å². The highest BCUT2D eigenvalue weighted by Gasteiger charge is 2.35. The highest BCUT2D eigenvalue weighted by Crippen LogP contribution is 2.35. The predicted molar refractivity (Wildman–Crippen MR) is 118 cm³/mol. The number of likely N-dealkylation sites (tertiary alicyclic amines) is 1. The van der Waals surface area contributed by atoms with Gasteiger partial charge in [-0.2, -0.15) is 18.3 Å². The Balaban J connectivity index is 1.40. The van der Waals surface area contributed by atoms with Gasteiger partial charge in [0, 0.05) is 25.2 Å². The molecule has 0 aliphatic carbocycles. The Morgan fingerprint density at radius 2 is 1.74 bits per heavy atom. The number of hydrogen-bond donors (Lipinski definition) is 1. The Hall–Kier alpha value is -3.11. The maximum Gasteiger partial charge on any atom is 0.416 e. The van der Waals surface area contributed by atoms with Crippen LogP contribution in [0.1, 0.15) is 72.4 Å². The third-order valence-electron chi connectivity index (χ3n) is 6.29. The summed E-state index contributed by atoms with van der Waals surface area (Å²) in [5, 5.41) is 7.06. The first-order valence-electron chi connectivity index (χ1n) is 11.5. The van der Waals surface area contributed by atoms with Gasteiger partial charge in [-0.1, -0.05) is 0 Å². The standard InChI is InChI=1S/C24H28F4N4O3/c1-23(2,3)35-22(34)32-9-6-18-19(13-32)29-30-20(18)21(33)31-7-4-14(5-8-31)15-10-16(24(26,27)28)12-17(25)11-15/h10-12,14H,4-9,13H2,1-3H3,(H,29,30). The molecule has 1 fully saturated rings. The molecule has 2 amide bonds. The van der Waals surface area contributed by atoms with Gasteiger partial charge in [-0.05, 0) is 69.7 Å². The number of alkyl halides is 3. The Morgan fingerprint density at radius 3 is 2.37 bits per heavy atom. The van der Waals surface area contributed by atoms with Crippen molar-refractivity contribution in [3.8, 4) is 0 Å². The molecule has 0 radical (unpaired) electrons. The predicted octanol–water partition coefficient (Wildman–Crippen LogP) is 4.88. The molecule has 2 aliphatic rings. The van der Waals surface area contributed by atoms with Crippen molar-refractivity contribution >= 4 is 12.0 Å². The monoisotopic (exact) mass is 496 g/mol. The second-order valence-corrected chi connectivity index (χ2v) is 10.0. The Labute approximate surface area is 200 Å². The van der Waals surface area contributed by atoms with Gasteiger partial charge in [0.1, 0.15) is 11.4 Å². The molecule has 0 bridgehead atoms. The van der Waals surface area contributed by atoms with Gasteiger partial charge in [0.25, 0.3) is 5.91 Å². The minimum atomic E-state index is -4.62. The quantitative estimate of drug-likeness (QED) is 0.601. The number of nitrogens with one attached hydrogen (secondary N) is 1. The van der Waals surface area contributed by atoms with E-state index in [2.05, 4.69) is 10.2 Å². The summed E-state index contributed by atoms with van der Waals surface area (Å²) >= 11 is 0. The second-order valence-electron chi connectivity index (χ2n) is 10.0. The third kappa shape index (κ3) is 5.59. The molecule has 1 saturated heterocycles. The maximum absolute atomic E-state index is 13.8. The third-order valence-corrected chi connectivity index (χ3v) is 6.29. The van der Waals surface area contributed by atoms with E-state index in [0.717, 1.165) is 17.7 Å². The molecule has 0 unspecified atom stereocenters. The van der Waals surface area contributed by atoms with Gasteiger partial charge < -0.3 is 14.5 Å². The van der Waals surface area contributed by atoms with E-state index in [-0.39, 0.29) is 18.4 Å². The number of rotatable bonds is 2. The molecule has 3 heterocycles. The summed E-state index contributed by atoms with van der Waals surface area (Å²) < 4.78 is 58.4. The Morgan fingerprint density at radius 1 is 1.06 bits per heavy atom. The molecule has 0 atom stereocenters. The van der Waals surface area contributed by atoms with Crippen LogP contribution in [-0.2, 0) is 23.9 Å². The van der Waals surface area contributed by atoms with Gasteiger partial charge in [-0.3, -0.25) is 9.89 Å². The van der Waals surface area contributed by atoms with Gasteiger partial charge in [0.15, 0.2) is 5.69 Å². The lowest BCUT2D eigenvalue weighted by Crippen LogP contribution is -2.41. The molecule has 0 saturated carbocycles. The van der Waals surface area contributed by atoms with Gasteiger partial charge >= 0.3 is 12.3 Å². The van der Waals surface area contributed by atoms with E-state index in [4.69, 9.17) is 4.74 Å². The van der Waals surface area contributed by atoms with Crippen LogP contribution in [0.3, 0.4) is 0 Å². The van der Waals surface area contributed by atoms with Crippen LogP contribution >= 0.6 is 0 Å². The molecule has 1 aromatic heterocycles. The fourth-order valence-corrected chi connectivity index (χ4v) is 4.55. The fraction of sp³-hybridized carbons (Fsp3) is 0.542. The van der Waals surface area contributed by atoms with Crippen LogP contribution in [0.4, 0.5) is 22.4 Å². The van der Waals surface area contributed by atoms with Crippen LogP contribution < -0.4 is 0 Å². The summed E-state index contributed by atoms with van der Waals surface area (Å²) in [5.74, 6) is -1.45. The minimum Gasteiger partial charge on any atom is -0.444 e. The van der Waals surface area contributed by atoms with E-state index in [1.807, 2.05) is 0 Å². The summed E-state index contributed by atoms with van der Waals surface area (Å²) in [6.45, 7) is 6.68. The normalized spacial score (nSPS) is 17.3. The number of halogens is 4. The van der Waals surface area contributed by atoms with Gasteiger partial charge in [-0.25, -0.2) is 9.18 Å². The summed E-state index contributed by atoms with van der Waals surface area (Å²) in [5.41, 5.74) is 0.417. The molecule has 4 rings (SSSR count). The molecule has 1 N–H and O–H groups in total. The number of benzene rings is 1. The number of aromatic amines is 1. The number of amides is 2. The first-order chi connectivity index (χ1) is 16.3. The van der Waals surface area contributed by atoms with E-state index in [0.29, 0.717) is 61.9 Å². The summed E-state index contributed by atoms with van der Waals surface area (Å²) in [6.07, 6.45) is -3.76. The lowest BCUT2D eigenvalue weighted by atomic mass is 9.88. The summed E-state index contributed by atoms with van der Waals surface area (Å²) in [6, 6.07) is 2.62. The van der Waals surface area contributed by atoms with Crippen LogP contribution in [-0.4, -0.2) is 57.2 Å². The van der Waals surface area contributed by atoms with Crippen molar-refractivity contribution in [3.63, 3.8) is 0 Å². The maximum atomic E-state index is 13.8. The van der Waals surface area contributed by atoms with Crippen molar-refractivity contribution in [1.29, 1.82) is 0 Å². The number of aromatic nitrogens is 2. The number of nitrogens with zero attached hydrogens (tertiary/aromatic N) is 3. The Bertz CT molecular complexity index is 1110. The summed E-state index contributed by atoms with van der Waals surface area (Å²) in [4.78, 5) is 28.7. The van der Waals surface area contributed by atoms with E-state index < -0.39 is 29.3 Å². The van der Waals surface area contributed by atoms with Gasteiger partial charge in [0.05, 0.1) is 17.8 Å². The molecule has 0 spiro atoms. The fourth-order valence-electron chi connectivity index (χ4n) is 4.55. The highest BCUT2D eigenvalue weighted by molar-refractivity contribution is 5.94. The minimum absolute atomic E-state index is 0.258. The SMILES string of the molecule is CC(C)(C)OC(=O)N1CCc2c(C(=O)N3CCC(c4cc(F)cc(C(F)(F)F)c4)CC3)n[nH]c2C1. The molecule has 1 aromatic carbocycles. The van der Waals surface area contributed by atoms with Crippen molar-refractivity contribution in [2.24, 2.45) is 0 Å². The smallest absolute Gasteiger partial charge is 0.416 e. The van der Waals surface area contributed by atoms with Crippen LogP contribution in [0.25, 0.3) is 0 Å². The number of ether oxygens (including phenoxy) is 1. The lowest BCUT2D eigenvalue weighted by molar-refractivity contribution is -0.137. The molecule has 35 heavy (non-hydrogen) atoms. The average molecular weight is 497 g/mol. The number of hydrogen-bond acceptors (Lipinski definition) is 4. The van der Waals surface area contributed by atoms with Crippen molar-refractivity contribution in [2.75, 3.05) is 19.6 Å². The second kappa shape index (κ2) is 9.16. The zero-order valence-corrected chi connectivity index (χ0v) is 19.8. The number of carbonyl (C=O) groups excluding carboxylic acids is 2. The molecular formula is C24H28F4N4O3. The first-order valence-corrected chi connectivity index (χ1v) is 11.5. The highest BCUT2D eigenvalue weighted by atomic mass is 19.4. The molecule has 2 aliphatic heterocycles. The lowest BCUT2D eigenvalue weighted by Gasteiger charge is -2.33. The van der Waals surface area contributed by atoms with Crippen molar-refractivity contribution in [3.05, 3.63) is 52.1 Å². The molecular weight excluding hydrogens is 468 g/mol. The van der Waals surface area contributed by atoms with Gasteiger partial charge in [-0.15, -0.1) is 0 Å². The van der Waals surface area contributed by atoms with E-state index >= 15 is 0 Å². The number of piperidine rings is 1.